The Kier molecular flexibility index (Phi) is 2.98. The van der Waals surface area contributed by atoms with Gasteiger partial charge in [-0.2, -0.15) is 5.26 Å². The van der Waals surface area contributed by atoms with Crippen molar-refractivity contribution in [3.05, 3.63) is 33.4 Å². The van der Waals surface area contributed by atoms with E-state index in [2.05, 4.69) is 0 Å². The molecule has 0 aliphatic rings. The van der Waals surface area contributed by atoms with E-state index in [0.717, 1.165) is 6.07 Å². The van der Waals surface area contributed by atoms with Gasteiger partial charge in [-0.1, -0.05) is 0 Å². The molecule has 76 valence electrons. The van der Waals surface area contributed by atoms with Gasteiger partial charge in [0.2, 0.25) is 0 Å². The van der Waals surface area contributed by atoms with Gasteiger partial charge in [-0.25, -0.2) is 0 Å². The van der Waals surface area contributed by atoms with Crippen molar-refractivity contribution in [2.75, 3.05) is 7.11 Å². The van der Waals surface area contributed by atoms with Gasteiger partial charge in [0.1, 0.15) is 17.4 Å². The van der Waals surface area contributed by atoms with Crippen LogP contribution in [0.3, 0.4) is 0 Å². The highest BCUT2D eigenvalue weighted by molar-refractivity contribution is 5.83. The topological polar surface area (TPSA) is 93.2 Å². The number of carbonyl (C=O) groups is 1. The number of nitro benzene ring substituents is 1. The maximum Gasteiger partial charge on any atom is 0.281 e. The molecule has 0 heterocycles. The summed E-state index contributed by atoms with van der Waals surface area (Å²) < 4.78 is 4.81. The number of carbonyl (C=O) groups excluding carboxylic acids is 1. The zero-order valence-electron chi connectivity index (χ0n) is 7.76. The van der Waals surface area contributed by atoms with Crippen molar-refractivity contribution in [2.24, 2.45) is 0 Å². The van der Waals surface area contributed by atoms with Gasteiger partial charge in [-0.05, 0) is 6.07 Å². The number of aldehydes is 1. The van der Waals surface area contributed by atoms with Crippen LogP contribution >= 0.6 is 0 Å². The molecule has 0 unspecified atom stereocenters. The average Bonchev–Trinajstić information content (AvgIpc) is 2.26. The minimum absolute atomic E-state index is 0.0230. The second kappa shape index (κ2) is 4.19. The first-order valence-electron chi connectivity index (χ1n) is 3.85. The van der Waals surface area contributed by atoms with Gasteiger partial charge >= 0.3 is 0 Å². The lowest BCUT2D eigenvalue weighted by molar-refractivity contribution is -0.385. The minimum Gasteiger partial charge on any atom is -0.495 e. The summed E-state index contributed by atoms with van der Waals surface area (Å²) in [7, 11) is 1.32. The molecule has 0 N–H and O–H groups in total. The Bertz CT molecular complexity index is 462. The Morgan fingerprint density at radius 2 is 2.27 bits per heavy atom. The highest BCUT2D eigenvalue weighted by atomic mass is 16.6. The molecule has 0 aliphatic carbocycles. The summed E-state index contributed by atoms with van der Waals surface area (Å²) in [5.41, 5.74) is -0.493. The van der Waals surface area contributed by atoms with Gasteiger partial charge in [-0.3, -0.25) is 14.9 Å². The second-order valence-corrected chi connectivity index (χ2v) is 2.60. The highest BCUT2D eigenvalue weighted by Crippen LogP contribution is 2.26. The van der Waals surface area contributed by atoms with E-state index in [1.165, 1.54) is 13.2 Å². The Balaban J connectivity index is 3.49. The standard InChI is InChI=1S/C9H6N2O4/c1-15-9-3-7(5-12)8(11(13)14)2-6(9)4-10/h2-3,5H,1H3. The Morgan fingerprint density at radius 1 is 1.60 bits per heavy atom. The smallest absolute Gasteiger partial charge is 0.281 e. The molecule has 0 fully saturated rings. The third kappa shape index (κ3) is 1.91. The molecule has 0 saturated heterocycles. The van der Waals surface area contributed by atoms with Crippen molar-refractivity contribution in [3.63, 3.8) is 0 Å². The summed E-state index contributed by atoms with van der Waals surface area (Å²) in [4.78, 5) is 20.4. The maximum atomic E-state index is 10.6. The number of nitrogens with zero attached hydrogens (tertiary/aromatic N) is 2. The molecule has 0 saturated carbocycles. The molecule has 0 aliphatic heterocycles. The molecule has 1 rings (SSSR count). The molecular formula is C9H6N2O4. The fraction of sp³-hybridized carbons (Fsp3) is 0.111. The van der Waals surface area contributed by atoms with E-state index in [4.69, 9.17) is 10.00 Å². The van der Waals surface area contributed by atoms with Gasteiger partial charge in [-0.15, -0.1) is 0 Å². The quantitative estimate of drug-likeness (QED) is 0.422. The molecule has 6 heteroatoms. The normalized spacial score (nSPS) is 9.07. The van der Waals surface area contributed by atoms with Gasteiger partial charge in [0.15, 0.2) is 6.29 Å². The van der Waals surface area contributed by atoms with Crippen LogP contribution in [0.15, 0.2) is 12.1 Å². The Morgan fingerprint density at radius 3 is 2.67 bits per heavy atom. The molecule has 1 aromatic carbocycles. The minimum atomic E-state index is -0.718. The van der Waals surface area contributed by atoms with Crippen LogP contribution in [0.5, 0.6) is 5.75 Å². The number of hydrogen-bond donors (Lipinski definition) is 0. The summed E-state index contributed by atoms with van der Waals surface area (Å²) in [6.07, 6.45) is 0.349. The largest absolute Gasteiger partial charge is 0.495 e. The van der Waals surface area contributed by atoms with Crippen molar-refractivity contribution in [1.29, 1.82) is 5.26 Å². The van der Waals surface area contributed by atoms with Crippen LogP contribution in [-0.2, 0) is 0 Å². The summed E-state index contributed by atoms with van der Waals surface area (Å²) >= 11 is 0. The monoisotopic (exact) mass is 206 g/mol. The van der Waals surface area contributed by atoms with Crippen molar-refractivity contribution < 1.29 is 14.5 Å². The van der Waals surface area contributed by atoms with Gasteiger partial charge < -0.3 is 4.74 Å². The SMILES string of the molecule is COc1cc(C=O)c([N+](=O)[O-])cc1C#N. The molecule has 0 amide bonds. The van der Waals surface area contributed by atoms with E-state index in [9.17, 15) is 14.9 Å². The molecular weight excluding hydrogens is 200 g/mol. The number of hydrogen-bond acceptors (Lipinski definition) is 5. The fourth-order valence-corrected chi connectivity index (χ4v) is 1.09. The number of nitro groups is 1. The summed E-state index contributed by atoms with van der Waals surface area (Å²) in [5.74, 6) is 0.144. The van der Waals surface area contributed by atoms with Gasteiger partial charge in [0.05, 0.1) is 17.6 Å². The molecule has 6 nitrogen and oxygen atoms in total. The zero-order chi connectivity index (χ0) is 11.4. The maximum absolute atomic E-state index is 10.6. The lowest BCUT2D eigenvalue weighted by Gasteiger charge is -2.03. The first kappa shape index (κ1) is 10.7. The zero-order valence-corrected chi connectivity index (χ0v) is 7.76. The lowest BCUT2D eigenvalue weighted by atomic mass is 10.1. The van der Waals surface area contributed by atoms with E-state index in [0.29, 0.717) is 6.29 Å². The second-order valence-electron chi connectivity index (χ2n) is 2.60. The predicted octanol–water partition coefficient (Wildman–Crippen LogP) is 1.29. The Labute approximate surface area is 84.8 Å². The van der Waals surface area contributed by atoms with Gasteiger partial charge in [0.25, 0.3) is 5.69 Å². The van der Waals surface area contributed by atoms with E-state index in [-0.39, 0.29) is 16.9 Å². The van der Waals surface area contributed by atoms with E-state index >= 15 is 0 Å². The summed E-state index contributed by atoms with van der Waals surface area (Å²) in [5, 5.41) is 19.2. The van der Waals surface area contributed by atoms with Crippen LogP contribution < -0.4 is 4.74 Å². The first-order valence-corrected chi connectivity index (χ1v) is 3.85. The van der Waals surface area contributed by atoms with E-state index in [1.807, 2.05) is 0 Å². The molecule has 0 atom stereocenters. The summed E-state index contributed by atoms with van der Waals surface area (Å²) in [6.45, 7) is 0. The molecule has 0 aromatic heterocycles. The van der Waals surface area contributed by atoms with Crippen LogP contribution in [0.25, 0.3) is 0 Å². The van der Waals surface area contributed by atoms with Crippen LogP contribution in [0, 0.1) is 21.4 Å². The first-order chi connectivity index (χ1) is 7.13. The molecule has 0 bridgehead atoms. The fourth-order valence-electron chi connectivity index (χ4n) is 1.09. The lowest BCUT2D eigenvalue weighted by Crippen LogP contribution is -1.97. The third-order valence-corrected chi connectivity index (χ3v) is 1.79. The highest BCUT2D eigenvalue weighted by Gasteiger charge is 2.17. The van der Waals surface area contributed by atoms with Crippen molar-refractivity contribution in [2.45, 2.75) is 0 Å². The average molecular weight is 206 g/mol. The van der Waals surface area contributed by atoms with Crippen LogP contribution in [0.2, 0.25) is 0 Å². The summed E-state index contributed by atoms with van der Waals surface area (Å²) in [6, 6.07) is 3.93. The number of nitriles is 1. The molecule has 0 spiro atoms. The number of ether oxygens (including phenoxy) is 1. The van der Waals surface area contributed by atoms with Crippen LogP contribution in [0.1, 0.15) is 15.9 Å². The number of methoxy groups -OCH3 is 1. The third-order valence-electron chi connectivity index (χ3n) is 1.79. The molecule has 1 aromatic rings. The van der Waals surface area contributed by atoms with E-state index < -0.39 is 10.6 Å². The number of rotatable bonds is 3. The van der Waals surface area contributed by atoms with Crippen molar-refractivity contribution in [1.82, 2.24) is 0 Å². The van der Waals surface area contributed by atoms with E-state index in [1.54, 1.807) is 6.07 Å². The van der Waals surface area contributed by atoms with Crippen LogP contribution in [0.4, 0.5) is 5.69 Å². The Hall–Kier alpha value is -2.42. The van der Waals surface area contributed by atoms with Gasteiger partial charge in [0, 0.05) is 6.07 Å². The number of benzene rings is 1. The molecule has 15 heavy (non-hydrogen) atoms. The predicted molar refractivity (Wildman–Crippen MR) is 49.8 cm³/mol. The van der Waals surface area contributed by atoms with Crippen LogP contribution in [-0.4, -0.2) is 18.3 Å². The van der Waals surface area contributed by atoms with Crippen molar-refractivity contribution in [3.8, 4) is 11.8 Å². The van der Waals surface area contributed by atoms with Crippen molar-refractivity contribution >= 4 is 12.0 Å². The molecule has 0 radical (unpaired) electrons.